The molecule has 1 aliphatic heterocycles. The molecule has 1 aromatic rings. The Morgan fingerprint density at radius 1 is 1.39 bits per heavy atom. The Kier molecular flexibility index (Phi) is 3.99. The molecule has 6 heteroatoms. The minimum absolute atomic E-state index is 0.104. The standard InChI is InChI=1S/C12H16N2O2S2/c1-9(2)14-18(15,16)12-7-6-11(17-12)10-5-3-4-8-13-10/h3,5-7,9,14H,4,8H2,1-2H3. The van der Waals surface area contributed by atoms with Gasteiger partial charge >= 0.3 is 0 Å². The number of nitrogens with zero attached hydrogens (tertiary/aromatic N) is 1. The first-order chi connectivity index (χ1) is 8.49. The molecular weight excluding hydrogens is 268 g/mol. The van der Waals surface area contributed by atoms with E-state index >= 15 is 0 Å². The van der Waals surface area contributed by atoms with E-state index in [9.17, 15) is 8.42 Å². The quantitative estimate of drug-likeness (QED) is 0.921. The minimum Gasteiger partial charge on any atom is -0.284 e. The van der Waals surface area contributed by atoms with Gasteiger partial charge in [0.1, 0.15) is 4.21 Å². The molecule has 0 radical (unpaired) electrons. The third kappa shape index (κ3) is 3.07. The van der Waals surface area contributed by atoms with E-state index in [0.29, 0.717) is 4.21 Å². The molecule has 0 bridgehead atoms. The predicted molar refractivity (Wildman–Crippen MR) is 74.9 cm³/mol. The highest BCUT2D eigenvalue weighted by Gasteiger charge is 2.18. The maximum Gasteiger partial charge on any atom is 0.250 e. The molecule has 0 saturated carbocycles. The molecule has 1 N–H and O–H groups in total. The molecule has 0 unspecified atom stereocenters. The highest BCUT2D eigenvalue weighted by atomic mass is 32.2. The fourth-order valence-corrected chi connectivity index (χ4v) is 4.20. The van der Waals surface area contributed by atoms with Gasteiger partial charge in [0.25, 0.3) is 0 Å². The number of rotatable bonds is 4. The van der Waals surface area contributed by atoms with Gasteiger partial charge in [0.05, 0.1) is 10.6 Å². The van der Waals surface area contributed by atoms with Crippen LogP contribution in [0.5, 0.6) is 0 Å². The van der Waals surface area contributed by atoms with Crippen molar-refractivity contribution in [3.63, 3.8) is 0 Å². The zero-order valence-corrected chi connectivity index (χ0v) is 12.0. The monoisotopic (exact) mass is 284 g/mol. The molecule has 0 amide bonds. The van der Waals surface area contributed by atoms with Crippen LogP contribution in [0, 0.1) is 0 Å². The van der Waals surface area contributed by atoms with Gasteiger partial charge in [-0.3, -0.25) is 4.99 Å². The van der Waals surface area contributed by atoms with Crippen molar-refractivity contribution >= 4 is 27.1 Å². The first-order valence-corrected chi connectivity index (χ1v) is 8.12. The van der Waals surface area contributed by atoms with E-state index in [4.69, 9.17) is 0 Å². The average Bonchev–Trinajstić information content (AvgIpc) is 2.78. The summed E-state index contributed by atoms with van der Waals surface area (Å²) in [6, 6.07) is 3.34. The number of sulfonamides is 1. The van der Waals surface area contributed by atoms with Gasteiger partial charge in [-0.05, 0) is 38.5 Å². The van der Waals surface area contributed by atoms with E-state index < -0.39 is 10.0 Å². The minimum atomic E-state index is -3.39. The molecule has 98 valence electrons. The van der Waals surface area contributed by atoms with Crippen molar-refractivity contribution in [2.45, 2.75) is 30.5 Å². The molecule has 0 aromatic carbocycles. The zero-order chi connectivity index (χ0) is 13.2. The van der Waals surface area contributed by atoms with E-state index in [1.54, 1.807) is 19.9 Å². The number of hydrogen-bond acceptors (Lipinski definition) is 4. The number of dihydropyridines is 1. The first kappa shape index (κ1) is 13.5. The van der Waals surface area contributed by atoms with Crippen LogP contribution in [-0.4, -0.2) is 26.7 Å². The summed E-state index contributed by atoms with van der Waals surface area (Å²) in [5.41, 5.74) is 0.872. The van der Waals surface area contributed by atoms with E-state index in [2.05, 4.69) is 15.8 Å². The summed E-state index contributed by atoms with van der Waals surface area (Å²) in [5, 5.41) is 0. The zero-order valence-electron chi connectivity index (χ0n) is 10.4. The molecule has 0 atom stereocenters. The summed E-state index contributed by atoms with van der Waals surface area (Å²) in [4.78, 5) is 5.28. The molecule has 0 fully saturated rings. The van der Waals surface area contributed by atoms with E-state index in [1.807, 2.05) is 12.1 Å². The first-order valence-electron chi connectivity index (χ1n) is 5.82. The Hall–Kier alpha value is -0.980. The van der Waals surface area contributed by atoms with Gasteiger partial charge in [-0.2, -0.15) is 0 Å². The van der Waals surface area contributed by atoms with Crippen LogP contribution in [0.4, 0.5) is 0 Å². The topological polar surface area (TPSA) is 58.5 Å². The summed E-state index contributed by atoms with van der Waals surface area (Å²) in [6.45, 7) is 4.39. The predicted octanol–water partition coefficient (Wildman–Crippen LogP) is 2.18. The number of aliphatic imine (C=N–C) groups is 1. The lowest BCUT2D eigenvalue weighted by Gasteiger charge is -2.07. The van der Waals surface area contributed by atoms with Gasteiger partial charge in [-0.15, -0.1) is 11.3 Å². The Bertz CT molecular complexity index is 583. The lowest BCUT2D eigenvalue weighted by molar-refractivity contribution is 0.572. The molecule has 2 rings (SSSR count). The molecular formula is C12H16N2O2S2. The van der Waals surface area contributed by atoms with Crippen LogP contribution in [0.2, 0.25) is 0 Å². The smallest absolute Gasteiger partial charge is 0.250 e. The molecule has 4 nitrogen and oxygen atoms in total. The van der Waals surface area contributed by atoms with Gasteiger partial charge in [-0.1, -0.05) is 6.08 Å². The summed E-state index contributed by atoms with van der Waals surface area (Å²) in [6.07, 6.45) is 4.96. The second-order valence-corrected chi connectivity index (χ2v) is 7.38. The largest absolute Gasteiger partial charge is 0.284 e. The third-order valence-electron chi connectivity index (χ3n) is 2.34. The van der Waals surface area contributed by atoms with Crippen molar-refractivity contribution in [2.75, 3.05) is 6.54 Å². The van der Waals surface area contributed by atoms with Gasteiger partial charge in [0.2, 0.25) is 10.0 Å². The molecule has 2 heterocycles. The summed E-state index contributed by atoms with van der Waals surface area (Å²) in [7, 11) is -3.39. The van der Waals surface area contributed by atoms with Crippen molar-refractivity contribution in [3.05, 3.63) is 29.2 Å². The van der Waals surface area contributed by atoms with Crippen molar-refractivity contribution in [2.24, 2.45) is 4.99 Å². The van der Waals surface area contributed by atoms with Crippen molar-refractivity contribution in [1.29, 1.82) is 0 Å². The van der Waals surface area contributed by atoms with Crippen molar-refractivity contribution in [1.82, 2.24) is 4.72 Å². The second kappa shape index (κ2) is 5.34. The highest BCUT2D eigenvalue weighted by Crippen LogP contribution is 2.23. The Morgan fingerprint density at radius 3 is 2.78 bits per heavy atom. The Balaban J connectivity index is 2.25. The van der Waals surface area contributed by atoms with Crippen molar-refractivity contribution in [3.8, 4) is 0 Å². The Labute approximate surface area is 112 Å². The van der Waals surface area contributed by atoms with E-state index in [0.717, 1.165) is 23.6 Å². The van der Waals surface area contributed by atoms with Crippen LogP contribution in [0.25, 0.3) is 0 Å². The number of nitrogens with one attached hydrogen (secondary N) is 1. The SMILES string of the molecule is CC(C)NS(=O)(=O)c1ccc(C2=NCCC=C2)s1. The molecule has 1 aliphatic rings. The number of allylic oxidation sites excluding steroid dienone is 1. The van der Waals surface area contributed by atoms with Crippen LogP contribution in [0.3, 0.4) is 0 Å². The fourth-order valence-electron chi connectivity index (χ4n) is 1.64. The van der Waals surface area contributed by atoms with E-state index in [-0.39, 0.29) is 6.04 Å². The van der Waals surface area contributed by atoms with E-state index in [1.165, 1.54) is 11.3 Å². The second-order valence-electron chi connectivity index (χ2n) is 4.35. The third-order valence-corrected chi connectivity index (χ3v) is 5.60. The molecule has 1 aromatic heterocycles. The summed E-state index contributed by atoms with van der Waals surface area (Å²) < 4.78 is 26.9. The molecule has 0 aliphatic carbocycles. The fraction of sp³-hybridized carbons (Fsp3) is 0.417. The summed E-state index contributed by atoms with van der Waals surface area (Å²) >= 11 is 1.26. The van der Waals surface area contributed by atoms with Gasteiger partial charge in [-0.25, -0.2) is 13.1 Å². The average molecular weight is 284 g/mol. The molecule has 0 saturated heterocycles. The van der Waals surface area contributed by atoms with Gasteiger partial charge in [0, 0.05) is 12.6 Å². The lowest BCUT2D eigenvalue weighted by atomic mass is 10.2. The summed E-state index contributed by atoms with van der Waals surface area (Å²) in [5.74, 6) is 0. The maximum atomic E-state index is 12.0. The lowest BCUT2D eigenvalue weighted by Crippen LogP contribution is -2.29. The number of thiophene rings is 1. The van der Waals surface area contributed by atoms with Gasteiger partial charge in [0.15, 0.2) is 0 Å². The highest BCUT2D eigenvalue weighted by molar-refractivity contribution is 7.91. The van der Waals surface area contributed by atoms with Gasteiger partial charge < -0.3 is 0 Å². The van der Waals surface area contributed by atoms with Crippen LogP contribution >= 0.6 is 11.3 Å². The number of hydrogen-bond donors (Lipinski definition) is 1. The molecule has 0 spiro atoms. The van der Waals surface area contributed by atoms with Crippen molar-refractivity contribution < 1.29 is 8.42 Å². The van der Waals surface area contributed by atoms with Crippen LogP contribution in [0.1, 0.15) is 25.1 Å². The van der Waals surface area contributed by atoms with Crippen LogP contribution in [-0.2, 0) is 10.0 Å². The van der Waals surface area contributed by atoms with Crippen LogP contribution < -0.4 is 4.72 Å². The van der Waals surface area contributed by atoms with Crippen LogP contribution in [0.15, 0.2) is 33.5 Å². The normalized spacial score (nSPS) is 16.1. The Morgan fingerprint density at radius 2 is 2.17 bits per heavy atom. The maximum absolute atomic E-state index is 12.0. The molecule has 18 heavy (non-hydrogen) atoms.